The summed E-state index contributed by atoms with van der Waals surface area (Å²) in [7, 11) is 0. The Bertz CT molecular complexity index is 260. The smallest absolute Gasteiger partial charge is 0.407 e. The third kappa shape index (κ3) is 3.60. The number of aliphatic hydroxyl groups excluding tert-OH is 1. The zero-order chi connectivity index (χ0) is 13.1. The number of likely N-dealkylation sites (tertiary alicyclic amines) is 1. The fourth-order valence-electron chi connectivity index (χ4n) is 3.12. The third-order valence-electron chi connectivity index (χ3n) is 3.62. The van der Waals surface area contributed by atoms with Crippen molar-refractivity contribution in [2.45, 2.75) is 52.5 Å². The zero-order valence-electron chi connectivity index (χ0n) is 11.1. The van der Waals surface area contributed by atoms with E-state index in [1.165, 1.54) is 0 Å². The number of carboxylic acid groups (broad SMARTS) is 1. The van der Waals surface area contributed by atoms with Gasteiger partial charge in [-0.1, -0.05) is 20.8 Å². The monoisotopic (exact) mass is 243 g/mol. The van der Waals surface area contributed by atoms with Gasteiger partial charge in [-0.2, -0.15) is 0 Å². The molecule has 0 aromatic carbocycles. The van der Waals surface area contributed by atoms with Gasteiger partial charge in [-0.05, 0) is 37.0 Å². The number of nitrogens with zero attached hydrogens (tertiary/aromatic N) is 1. The van der Waals surface area contributed by atoms with Crippen molar-refractivity contribution >= 4 is 6.09 Å². The van der Waals surface area contributed by atoms with Gasteiger partial charge in [-0.25, -0.2) is 4.79 Å². The summed E-state index contributed by atoms with van der Waals surface area (Å²) in [5, 5.41) is 18.2. The maximum atomic E-state index is 11.3. The minimum absolute atomic E-state index is 0.0427. The van der Waals surface area contributed by atoms with Crippen LogP contribution in [0.4, 0.5) is 4.79 Å². The molecule has 4 nitrogen and oxygen atoms in total. The molecule has 1 rings (SSSR count). The van der Waals surface area contributed by atoms with Gasteiger partial charge in [-0.3, -0.25) is 0 Å². The third-order valence-corrected chi connectivity index (χ3v) is 3.62. The van der Waals surface area contributed by atoms with Crippen LogP contribution in [0.5, 0.6) is 0 Å². The summed E-state index contributed by atoms with van der Waals surface area (Å²) in [6, 6.07) is 0.0697. The van der Waals surface area contributed by atoms with Crippen LogP contribution in [0.15, 0.2) is 0 Å². The van der Waals surface area contributed by atoms with Gasteiger partial charge in [0, 0.05) is 19.2 Å². The maximum Gasteiger partial charge on any atom is 0.407 e. The van der Waals surface area contributed by atoms with Crippen molar-refractivity contribution in [2.75, 3.05) is 13.2 Å². The number of aliphatic hydroxyl groups is 1. The van der Waals surface area contributed by atoms with Crippen LogP contribution >= 0.6 is 0 Å². The Morgan fingerprint density at radius 3 is 2.53 bits per heavy atom. The molecule has 1 heterocycles. The van der Waals surface area contributed by atoms with Gasteiger partial charge in [0.15, 0.2) is 0 Å². The number of hydrogen-bond donors (Lipinski definition) is 2. The fourth-order valence-corrected chi connectivity index (χ4v) is 3.12. The normalized spacial score (nSPS) is 26.0. The highest BCUT2D eigenvalue weighted by Crippen LogP contribution is 2.38. The highest BCUT2D eigenvalue weighted by atomic mass is 16.4. The van der Waals surface area contributed by atoms with Crippen molar-refractivity contribution in [3.05, 3.63) is 0 Å². The highest BCUT2D eigenvalue weighted by Gasteiger charge is 2.41. The molecule has 1 fully saturated rings. The SMILES string of the molecule is CC(C)(C)[C@@H]1C(CCCO)CCCN1C(=O)O. The Hall–Kier alpha value is -0.770. The summed E-state index contributed by atoms with van der Waals surface area (Å²) in [5.41, 5.74) is -0.0427. The zero-order valence-corrected chi connectivity index (χ0v) is 11.1. The molecule has 1 amide bonds. The maximum absolute atomic E-state index is 11.3. The lowest BCUT2D eigenvalue weighted by Crippen LogP contribution is -2.54. The first-order valence-corrected chi connectivity index (χ1v) is 6.48. The molecule has 0 spiro atoms. The lowest BCUT2D eigenvalue weighted by Gasteiger charge is -2.47. The molecule has 2 N–H and O–H groups in total. The van der Waals surface area contributed by atoms with E-state index in [-0.39, 0.29) is 18.1 Å². The molecular weight excluding hydrogens is 218 g/mol. The van der Waals surface area contributed by atoms with Crippen molar-refractivity contribution in [1.29, 1.82) is 0 Å². The van der Waals surface area contributed by atoms with Crippen molar-refractivity contribution in [3.63, 3.8) is 0 Å². The molecule has 0 saturated carbocycles. The molecule has 1 saturated heterocycles. The topological polar surface area (TPSA) is 60.8 Å². The second kappa shape index (κ2) is 5.71. The number of amides is 1. The van der Waals surface area contributed by atoms with E-state index in [0.29, 0.717) is 12.5 Å². The molecule has 2 atom stereocenters. The van der Waals surface area contributed by atoms with Gasteiger partial charge < -0.3 is 15.1 Å². The van der Waals surface area contributed by atoms with Crippen LogP contribution in [0.3, 0.4) is 0 Å². The van der Waals surface area contributed by atoms with E-state index in [0.717, 1.165) is 25.7 Å². The van der Waals surface area contributed by atoms with Crippen LogP contribution in [0, 0.1) is 11.3 Å². The summed E-state index contributed by atoms with van der Waals surface area (Å²) < 4.78 is 0. The van der Waals surface area contributed by atoms with E-state index in [4.69, 9.17) is 5.11 Å². The highest BCUT2D eigenvalue weighted by molar-refractivity contribution is 5.65. The molecule has 0 aromatic heterocycles. The van der Waals surface area contributed by atoms with Gasteiger partial charge >= 0.3 is 6.09 Å². The number of rotatable bonds is 3. The molecule has 1 aliphatic heterocycles. The number of carbonyl (C=O) groups is 1. The Labute approximate surface area is 104 Å². The Balaban J connectivity index is 2.83. The van der Waals surface area contributed by atoms with Crippen LogP contribution in [-0.4, -0.2) is 40.4 Å². The van der Waals surface area contributed by atoms with E-state index < -0.39 is 6.09 Å². The van der Waals surface area contributed by atoms with Crippen LogP contribution in [0.2, 0.25) is 0 Å². The quantitative estimate of drug-likeness (QED) is 0.801. The Kier molecular flexibility index (Phi) is 4.80. The minimum atomic E-state index is -0.807. The summed E-state index contributed by atoms with van der Waals surface area (Å²) in [6.45, 7) is 7.15. The lowest BCUT2D eigenvalue weighted by molar-refractivity contribution is 0.0182. The molecule has 0 aliphatic carbocycles. The predicted octanol–water partition coefficient (Wildman–Crippen LogP) is 2.56. The molecule has 0 radical (unpaired) electrons. The standard InChI is InChI=1S/C13H25NO3/c1-13(2,3)11-10(7-5-9-15)6-4-8-14(11)12(16)17/h10-11,15H,4-9H2,1-3H3,(H,16,17)/t10?,11-/m0/s1. The summed E-state index contributed by atoms with van der Waals surface area (Å²) in [4.78, 5) is 12.9. The first-order chi connectivity index (χ1) is 7.88. The van der Waals surface area contributed by atoms with Crippen LogP contribution in [-0.2, 0) is 0 Å². The largest absolute Gasteiger partial charge is 0.465 e. The number of piperidine rings is 1. The molecule has 1 aliphatic rings. The van der Waals surface area contributed by atoms with E-state index in [9.17, 15) is 9.90 Å². The van der Waals surface area contributed by atoms with E-state index in [1.807, 2.05) is 0 Å². The molecule has 1 unspecified atom stereocenters. The van der Waals surface area contributed by atoms with Crippen molar-refractivity contribution in [1.82, 2.24) is 4.90 Å². The first kappa shape index (κ1) is 14.3. The van der Waals surface area contributed by atoms with Gasteiger partial charge in [0.1, 0.15) is 0 Å². The minimum Gasteiger partial charge on any atom is -0.465 e. The summed E-state index contributed by atoms with van der Waals surface area (Å²) in [5.74, 6) is 0.381. The van der Waals surface area contributed by atoms with Gasteiger partial charge in [0.2, 0.25) is 0 Å². The van der Waals surface area contributed by atoms with Gasteiger partial charge in [-0.15, -0.1) is 0 Å². The lowest BCUT2D eigenvalue weighted by atomic mass is 9.72. The van der Waals surface area contributed by atoms with E-state index in [1.54, 1.807) is 4.90 Å². The van der Waals surface area contributed by atoms with E-state index in [2.05, 4.69) is 20.8 Å². The Morgan fingerprint density at radius 1 is 1.41 bits per heavy atom. The molecule has 17 heavy (non-hydrogen) atoms. The van der Waals surface area contributed by atoms with Crippen LogP contribution in [0.1, 0.15) is 46.5 Å². The average Bonchev–Trinajstić information content (AvgIpc) is 2.24. The van der Waals surface area contributed by atoms with Crippen LogP contribution in [0.25, 0.3) is 0 Å². The molecule has 100 valence electrons. The predicted molar refractivity (Wildman–Crippen MR) is 67.0 cm³/mol. The molecular formula is C13H25NO3. The van der Waals surface area contributed by atoms with E-state index >= 15 is 0 Å². The summed E-state index contributed by atoms with van der Waals surface area (Å²) >= 11 is 0. The second-order valence-electron chi connectivity index (χ2n) is 6.05. The van der Waals surface area contributed by atoms with Crippen molar-refractivity contribution < 1.29 is 15.0 Å². The molecule has 0 aromatic rings. The molecule has 0 bridgehead atoms. The summed E-state index contributed by atoms with van der Waals surface area (Å²) in [6.07, 6.45) is 2.90. The second-order valence-corrected chi connectivity index (χ2v) is 6.05. The fraction of sp³-hybridized carbons (Fsp3) is 0.923. The van der Waals surface area contributed by atoms with Crippen LogP contribution < -0.4 is 0 Å². The first-order valence-electron chi connectivity index (χ1n) is 6.48. The average molecular weight is 243 g/mol. The van der Waals surface area contributed by atoms with Crippen molar-refractivity contribution in [3.8, 4) is 0 Å². The van der Waals surface area contributed by atoms with Crippen molar-refractivity contribution in [2.24, 2.45) is 11.3 Å². The van der Waals surface area contributed by atoms with Gasteiger partial charge in [0.05, 0.1) is 0 Å². The van der Waals surface area contributed by atoms with Gasteiger partial charge in [0.25, 0.3) is 0 Å². The number of hydrogen-bond acceptors (Lipinski definition) is 2. The Morgan fingerprint density at radius 2 is 2.06 bits per heavy atom. The molecule has 4 heteroatoms.